The number of amides is 1. The molecule has 0 aliphatic carbocycles. The summed E-state index contributed by atoms with van der Waals surface area (Å²) in [6.07, 6.45) is 1.47. The second-order valence-electron chi connectivity index (χ2n) is 9.89. The van der Waals surface area contributed by atoms with E-state index < -0.39 is 21.5 Å². The standard InChI is InChI=1S/C26H32ClN3O5S/c1-26(2,3)35-25(31)30-12-11-29(10-9-19-13-20(16-28)15-21(27)14-19)17-22(30)18-34-23-5-7-24(8-6-23)36(4,32)33/h5-8,13-15,22H,9-12,17-18H2,1-4H3. The third-order valence-corrected chi connectivity index (χ3v) is 7.04. The average molecular weight is 534 g/mol. The molecule has 1 unspecified atom stereocenters. The van der Waals surface area contributed by atoms with Gasteiger partial charge in [-0.25, -0.2) is 13.2 Å². The summed E-state index contributed by atoms with van der Waals surface area (Å²) in [5.74, 6) is 0.520. The molecule has 10 heteroatoms. The summed E-state index contributed by atoms with van der Waals surface area (Å²) in [4.78, 5) is 17.1. The number of rotatable bonds is 7. The highest BCUT2D eigenvalue weighted by Gasteiger charge is 2.33. The molecule has 1 aliphatic heterocycles. The quantitative estimate of drug-likeness (QED) is 0.527. The van der Waals surface area contributed by atoms with Crippen LogP contribution >= 0.6 is 11.6 Å². The van der Waals surface area contributed by atoms with Gasteiger partial charge in [0.15, 0.2) is 9.84 Å². The summed E-state index contributed by atoms with van der Waals surface area (Å²) in [7, 11) is -3.29. The predicted molar refractivity (Wildman–Crippen MR) is 138 cm³/mol. The number of hydrogen-bond donors (Lipinski definition) is 0. The third-order valence-electron chi connectivity index (χ3n) is 5.69. The summed E-state index contributed by atoms with van der Waals surface area (Å²) in [5.41, 5.74) is 0.888. The second-order valence-corrected chi connectivity index (χ2v) is 12.3. The Hall–Kier alpha value is -2.80. The lowest BCUT2D eigenvalue weighted by Crippen LogP contribution is -2.58. The molecule has 3 rings (SSSR count). The molecule has 0 saturated carbocycles. The largest absolute Gasteiger partial charge is 0.491 e. The summed E-state index contributed by atoms with van der Waals surface area (Å²) >= 11 is 6.14. The van der Waals surface area contributed by atoms with Crippen LogP contribution in [0.3, 0.4) is 0 Å². The number of piperazine rings is 1. The molecule has 2 aromatic rings. The van der Waals surface area contributed by atoms with Crippen molar-refractivity contribution in [1.82, 2.24) is 9.80 Å². The Bertz CT molecular complexity index is 1220. The van der Waals surface area contributed by atoms with E-state index in [1.165, 1.54) is 12.1 Å². The molecule has 36 heavy (non-hydrogen) atoms. The van der Waals surface area contributed by atoms with Crippen LogP contribution in [0.15, 0.2) is 47.4 Å². The second kappa shape index (κ2) is 11.5. The van der Waals surface area contributed by atoms with Crippen molar-refractivity contribution in [3.8, 4) is 11.8 Å². The monoisotopic (exact) mass is 533 g/mol. The topological polar surface area (TPSA) is 99.9 Å². The van der Waals surface area contributed by atoms with Crippen LogP contribution in [0.4, 0.5) is 4.79 Å². The Morgan fingerprint density at radius 2 is 1.86 bits per heavy atom. The van der Waals surface area contributed by atoms with E-state index in [1.54, 1.807) is 23.1 Å². The van der Waals surface area contributed by atoms with E-state index in [2.05, 4.69) is 11.0 Å². The van der Waals surface area contributed by atoms with Crippen molar-refractivity contribution in [2.45, 2.75) is 43.7 Å². The molecule has 1 saturated heterocycles. The van der Waals surface area contributed by atoms with Crippen molar-refractivity contribution in [2.24, 2.45) is 0 Å². The van der Waals surface area contributed by atoms with Gasteiger partial charge in [-0.3, -0.25) is 9.80 Å². The zero-order valence-corrected chi connectivity index (χ0v) is 22.6. The molecule has 0 spiro atoms. The number of nitrogens with zero attached hydrogens (tertiary/aromatic N) is 3. The predicted octanol–water partition coefficient (Wildman–Crippen LogP) is 4.16. The number of halogens is 1. The van der Waals surface area contributed by atoms with Gasteiger partial charge >= 0.3 is 6.09 Å². The van der Waals surface area contributed by atoms with Crippen LogP contribution in [0, 0.1) is 11.3 Å². The molecule has 2 aromatic carbocycles. The Morgan fingerprint density at radius 1 is 1.17 bits per heavy atom. The number of sulfone groups is 1. The van der Waals surface area contributed by atoms with Gasteiger partial charge in [-0.2, -0.15) is 5.26 Å². The van der Waals surface area contributed by atoms with Crippen molar-refractivity contribution < 1.29 is 22.7 Å². The minimum Gasteiger partial charge on any atom is -0.491 e. The number of hydrogen-bond acceptors (Lipinski definition) is 7. The minimum absolute atomic E-state index is 0.217. The van der Waals surface area contributed by atoms with Gasteiger partial charge < -0.3 is 9.47 Å². The molecule has 194 valence electrons. The highest BCUT2D eigenvalue weighted by Crippen LogP contribution is 2.21. The molecule has 1 amide bonds. The maximum atomic E-state index is 12.9. The Morgan fingerprint density at radius 3 is 2.47 bits per heavy atom. The van der Waals surface area contributed by atoms with Gasteiger partial charge in [0.2, 0.25) is 0 Å². The van der Waals surface area contributed by atoms with Gasteiger partial charge in [-0.15, -0.1) is 0 Å². The fourth-order valence-corrected chi connectivity index (χ4v) is 4.84. The maximum Gasteiger partial charge on any atom is 0.410 e. The van der Waals surface area contributed by atoms with Crippen molar-refractivity contribution >= 4 is 27.5 Å². The summed E-state index contributed by atoms with van der Waals surface area (Å²) in [5, 5.41) is 9.73. The van der Waals surface area contributed by atoms with Crippen molar-refractivity contribution in [2.75, 3.05) is 39.0 Å². The van der Waals surface area contributed by atoms with E-state index in [4.69, 9.17) is 21.1 Å². The van der Waals surface area contributed by atoms with E-state index in [-0.39, 0.29) is 17.5 Å². The zero-order chi connectivity index (χ0) is 26.5. The molecule has 1 fully saturated rings. The molecular weight excluding hydrogens is 502 g/mol. The van der Waals surface area contributed by atoms with Crippen LogP contribution in [0.5, 0.6) is 5.75 Å². The molecule has 0 aromatic heterocycles. The molecule has 8 nitrogen and oxygen atoms in total. The third kappa shape index (κ3) is 8.12. The van der Waals surface area contributed by atoms with Crippen LogP contribution in [-0.4, -0.2) is 75.0 Å². The molecule has 1 aliphatic rings. The first-order valence-electron chi connectivity index (χ1n) is 11.7. The molecule has 0 bridgehead atoms. The highest BCUT2D eigenvalue weighted by atomic mass is 35.5. The van der Waals surface area contributed by atoms with Gasteiger partial charge in [0.25, 0.3) is 0 Å². The van der Waals surface area contributed by atoms with Gasteiger partial charge in [0.1, 0.15) is 18.0 Å². The summed E-state index contributed by atoms with van der Waals surface area (Å²) < 4.78 is 35.0. The lowest BCUT2D eigenvalue weighted by Gasteiger charge is -2.41. The molecule has 1 heterocycles. The first kappa shape index (κ1) is 27.8. The van der Waals surface area contributed by atoms with E-state index in [1.807, 2.05) is 32.9 Å². The fourth-order valence-electron chi connectivity index (χ4n) is 3.95. The minimum atomic E-state index is -3.29. The van der Waals surface area contributed by atoms with Gasteiger partial charge in [-0.05, 0) is 75.2 Å². The normalized spacial score (nSPS) is 16.9. The Labute approximate surface area is 218 Å². The number of ether oxygens (including phenoxy) is 2. The van der Waals surface area contributed by atoms with Crippen LogP contribution in [-0.2, 0) is 21.0 Å². The fraction of sp³-hybridized carbons (Fsp3) is 0.462. The highest BCUT2D eigenvalue weighted by molar-refractivity contribution is 7.90. The summed E-state index contributed by atoms with van der Waals surface area (Å²) in [6, 6.07) is 13.4. The van der Waals surface area contributed by atoms with Crippen molar-refractivity contribution in [1.29, 1.82) is 5.26 Å². The number of benzene rings is 2. The molecule has 0 radical (unpaired) electrons. The van der Waals surface area contributed by atoms with Crippen LogP contribution in [0.2, 0.25) is 5.02 Å². The number of carbonyl (C=O) groups excluding carboxylic acids is 1. The molecule has 1 atom stereocenters. The van der Waals surface area contributed by atoms with Crippen LogP contribution < -0.4 is 4.74 Å². The van der Waals surface area contributed by atoms with Gasteiger partial charge in [0, 0.05) is 37.5 Å². The van der Waals surface area contributed by atoms with Gasteiger partial charge in [0.05, 0.1) is 22.6 Å². The lowest BCUT2D eigenvalue weighted by atomic mass is 10.1. The first-order chi connectivity index (χ1) is 16.8. The van der Waals surface area contributed by atoms with E-state index >= 15 is 0 Å². The molecule has 0 N–H and O–H groups in total. The maximum absolute atomic E-state index is 12.9. The smallest absolute Gasteiger partial charge is 0.410 e. The van der Waals surface area contributed by atoms with Crippen molar-refractivity contribution in [3.05, 3.63) is 58.6 Å². The van der Waals surface area contributed by atoms with E-state index in [0.717, 1.165) is 18.4 Å². The first-order valence-corrected chi connectivity index (χ1v) is 14.0. The van der Waals surface area contributed by atoms with Crippen LogP contribution in [0.25, 0.3) is 0 Å². The zero-order valence-electron chi connectivity index (χ0n) is 21.0. The van der Waals surface area contributed by atoms with E-state index in [0.29, 0.717) is 42.4 Å². The van der Waals surface area contributed by atoms with Gasteiger partial charge in [-0.1, -0.05) is 11.6 Å². The van der Waals surface area contributed by atoms with Crippen molar-refractivity contribution in [3.63, 3.8) is 0 Å². The molecular formula is C26H32ClN3O5S. The SMILES string of the molecule is CC(C)(C)OC(=O)N1CCN(CCc2cc(Cl)cc(C#N)c2)CC1COc1ccc(S(C)(=O)=O)cc1. The number of carbonyl (C=O) groups is 1. The number of nitriles is 1. The van der Waals surface area contributed by atoms with Crippen LogP contribution in [0.1, 0.15) is 31.9 Å². The lowest BCUT2D eigenvalue weighted by molar-refractivity contribution is -0.00916. The Balaban J connectivity index is 1.69. The summed E-state index contributed by atoms with van der Waals surface area (Å²) in [6.45, 7) is 8.17. The average Bonchev–Trinajstić information content (AvgIpc) is 2.79. The van der Waals surface area contributed by atoms with E-state index in [9.17, 15) is 18.5 Å². The Kier molecular flexibility index (Phi) is 8.88.